The summed E-state index contributed by atoms with van der Waals surface area (Å²) >= 11 is 0. The van der Waals surface area contributed by atoms with Crippen LogP contribution in [-0.4, -0.2) is 5.78 Å². The molecule has 0 amide bonds. The number of hydrogen-bond donors (Lipinski definition) is 0. The van der Waals surface area contributed by atoms with Crippen molar-refractivity contribution in [2.24, 2.45) is 0 Å². The van der Waals surface area contributed by atoms with Crippen LogP contribution in [0.1, 0.15) is 6.92 Å². The van der Waals surface area contributed by atoms with Crippen molar-refractivity contribution >= 4 is 5.78 Å². The monoisotopic (exact) mass is 200 g/mol. The summed E-state index contributed by atoms with van der Waals surface area (Å²) in [6, 6.07) is 0. The van der Waals surface area contributed by atoms with Crippen LogP contribution in [0.5, 0.6) is 0 Å². The van der Waals surface area contributed by atoms with Gasteiger partial charge in [-0.25, -0.2) is 0 Å². The molecule has 0 aliphatic heterocycles. The summed E-state index contributed by atoms with van der Waals surface area (Å²) in [7, 11) is 0. The molecular formula is C14H16O. The zero-order valence-electron chi connectivity index (χ0n) is 9.12. The normalized spacial score (nSPS) is 10.5. The van der Waals surface area contributed by atoms with Gasteiger partial charge in [0.1, 0.15) is 0 Å². The molecule has 1 nitrogen and oxygen atoms in total. The molecule has 0 saturated heterocycles. The molecular weight excluding hydrogens is 184 g/mol. The van der Waals surface area contributed by atoms with Crippen LogP contribution in [0.4, 0.5) is 0 Å². The number of Topliss-reactive ketones (excluding diaryl/α,β-unsaturated/α-hetero) is 1. The summed E-state index contributed by atoms with van der Waals surface area (Å²) < 4.78 is 0. The average Bonchev–Trinajstić information content (AvgIpc) is 2.21. The Morgan fingerprint density at radius 3 is 1.87 bits per heavy atom. The molecule has 78 valence electrons. The summed E-state index contributed by atoms with van der Waals surface area (Å²) in [4.78, 5) is 10.9. The minimum absolute atomic E-state index is 0.0497. The predicted octanol–water partition coefficient (Wildman–Crippen LogP) is 3.54. The summed E-state index contributed by atoms with van der Waals surface area (Å²) in [6.45, 7) is 16.3. The van der Waals surface area contributed by atoms with Crippen LogP contribution in [0.2, 0.25) is 0 Å². The summed E-state index contributed by atoms with van der Waals surface area (Å²) in [6.07, 6.45) is 8.60. The topological polar surface area (TPSA) is 17.1 Å². The van der Waals surface area contributed by atoms with Gasteiger partial charge in [-0.1, -0.05) is 56.7 Å². The first-order chi connectivity index (χ1) is 6.99. The molecule has 0 unspecified atom stereocenters. The lowest BCUT2D eigenvalue weighted by atomic mass is 10.1. The lowest BCUT2D eigenvalue weighted by Crippen LogP contribution is -1.90. The zero-order valence-corrected chi connectivity index (χ0v) is 9.12. The largest absolute Gasteiger partial charge is 0.295 e. The molecule has 0 aliphatic rings. The van der Waals surface area contributed by atoms with E-state index in [-0.39, 0.29) is 5.78 Å². The molecule has 0 heterocycles. The lowest BCUT2D eigenvalue weighted by molar-refractivity contribution is -0.113. The fourth-order valence-corrected chi connectivity index (χ4v) is 0.717. The fraction of sp³-hybridized carbons (Fsp3) is 0.0714. The first kappa shape index (κ1) is 13.1. The molecule has 0 aromatic rings. The van der Waals surface area contributed by atoms with Crippen LogP contribution < -0.4 is 0 Å². The third kappa shape index (κ3) is 5.42. The highest BCUT2D eigenvalue weighted by atomic mass is 16.1. The van der Waals surface area contributed by atoms with Gasteiger partial charge in [0.2, 0.25) is 0 Å². The smallest absolute Gasteiger partial charge is 0.159 e. The van der Waals surface area contributed by atoms with E-state index in [4.69, 9.17) is 0 Å². The Kier molecular flexibility index (Phi) is 5.72. The van der Waals surface area contributed by atoms with Gasteiger partial charge >= 0.3 is 0 Å². The maximum absolute atomic E-state index is 10.9. The van der Waals surface area contributed by atoms with Gasteiger partial charge in [0, 0.05) is 5.57 Å². The number of ketones is 1. The standard InChI is InChI=1S/C14H16O/c1-6-7-8-11(2)12(3)9-10-13(4)14(5)15/h6-10H,1-4H2,5H3/b8-7-,10-9-. The zero-order chi connectivity index (χ0) is 11.8. The van der Waals surface area contributed by atoms with E-state index >= 15 is 0 Å². The van der Waals surface area contributed by atoms with E-state index in [0.29, 0.717) is 5.57 Å². The molecule has 15 heavy (non-hydrogen) atoms. The van der Waals surface area contributed by atoms with E-state index in [2.05, 4.69) is 26.3 Å². The van der Waals surface area contributed by atoms with Crippen LogP contribution in [0, 0.1) is 0 Å². The van der Waals surface area contributed by atoms with Crippen molar-refractivity contribution in [2.45, 2.75) is 6.92 Å². The third-order valence-corrected chi connectivity index (χ3v) is 1.78. The number of rotatable bonds is 6. The Hall–Kier alpha value is -1.89. The third-order valence-electron chi connectivity index (χ3n) is 1.78. The number of carbonyl (C=O) groups excluding carboxylic acids is 1. The summed E-state index contributed by atoms with van der Waals surface area (Å²) in [5.41, 5.74) is 1.98. The number of allylic oxidation sites excluding steroid dienone is 8. The Bertz CT molecular complexity index is 365. The molecule has 0 aromatic heterocycles. The van der Waals surface area contributed by atoms with Crippen molar-refractivity contribution in [3.8, 4) is 0 Å². The van der Waals surface area contributed by atoms with E-state index in [1.807, 2.05) is 0 Å². The second-order valence-corrected chi connectivity index (χ2v) is 3.06. The van der Waals surface area contributed by atoms with E-state index in [1.54, 1.807) is 30.4 Å². The maximum atomic E-state index is 10.9. The highest BCUT2D eigenvalue weighted by Crippen LogP contribution is 2.09. The number of hydrogen-bond acceptors (Lipinski definition) is 1. The van der Waals surface area contributed by atoms with Crippen LogP contribution in [0.25, 0.3) is 0 Å². The Morgan fingerprint density at radius 1 is 0.933 bits per heavy atom. The molecule has 0 N–H and O–H groups in total. The summed E-state index contributed by atoms with van der Waals surface area (Å²) in [5.74, 6) is -0.0497. The SMILES string of the molecule is C=C/C=C\C(=C)C(=C)/C=C\C(=C)C(C)=O. The highest BCUT2D eigenvalue weighted by molar-refractivity contribution is 5.95. The molecule has 0 saturated carbocycles. The first-order valence-electron chi connectivity index (χ1n) is 4.54. The Balaban J connectivity index is 4.43. The average molecular weight is 200 g/mol. The van der Waals surface area contributed by atoms with Crippen LogP contribution >= 0.6 is 0 Å². The Labute approximate surface area is 91.5 Å². The van der Waals surface area contributed by atoms with Gasteiger partial charge in [0.05, 0.1) is 0 Å². The minimum Gasteiger partial charge on any atom is -0.295 e. The van der Waals surface area contributed by atoms with Crippen molar-refractivity contribution < 1.29 is 4.79 Å². The predicted molar refractivity (Wildman–Crippen MR) is 66.6 cm³/mol. The molecule has 0 rings (SSSR count). The van der Waals surface area contributed by atoms with Crippen molar-refractivity contribution in [3.05, 3.63) is 73.4 Å². The minimum atomic E-state index is -0.0497. The van der Waals surface area contributed by atoms with Gasteiger partial charge in [-0.15, -0.1) is 0 Å². The quantitative estimate of drug-likeness (QED) is 0.473. The maximum Gasteiger partial charge on any atom is 0.159 e. The molecule has 0 aliphatic carbocycles. The van der Waals surface area contributed by atoms with E-state index in [1.165, 1.54) is 6.92 Å². The molecule has 0 aromatic carbocycles. The van der Waals surface area contributed by atoms with Gasteiger partial charge in [-0.2, -0.15) is 0 Å². The van der Waals surface area contributed by atoms with Gasteiger partial charge in [-0.05, 0) is 18.1 Å². The Morgan fingerprint density at radius 2 is 1.40 bits per heavy atom. The van der Waals surface area contributed by atoms with Crippen molar-refractivity contribution in [1.29, 1.82) is 0 Å². The molecule has 0 radical (unpaired) electrons. The van der Waals surface area contributed by atoms with Crippen molar-refractivity contribution in [2.75, 3.05) is 0 Å². The van der Waals surface area contributed by atoms with Crippen LogP contribution in [0.15, 0.2) is 73.4 Å². The molecule has 0 bridgehead atoms. The fourth-order valence-electron chi connectivity index (χ4n) is 0.717. The summed E-state index contributed by atoms with van der Waals surface area (Å²) in [5, 5.41) is 0. The van der Waals surface area contributed by atoms with Gasteiger partial charge in [-0.3, -0.25) is 4.79 Å². The molecule has 0 atom stereocenters. The number of carbonyl (C=O) groups is 1. The second-order valence-electron chi connectivity index (χ2n) is 3.06. The van der Waals surface area contributed by atoms with Crippen molar-refractivity contribution in [3.63, 3.8) is 0 Å². The molecule has 0 spiro atoms. The van der Waals surface area contributed by atoms with Gasteiger partial charge in [0.25, 0.3) is 0 Å². The lowest BCUT2D eigenvalue weighted by Gasteiger charge is -1.98. The van der Waals surface area contributed by atoms with E-state index < -0.39 is 0 Å². The first-order valence-corrected chi connectivity index (χ1v) is 4.54. The molecule has 0 fully saturated rings. The van der Waals surface area contributed by atoms with Gasteiger partial charge < -0.3 is 0 Å². The second kappa shape index (κ2) is 6.55. The van der Waals surface area contributed by atoms with Crippen LogP contribution in [-0.2, 0) is 4.79 Å². The van der Waals surface area contributed by atoms with Gasteiger partial charge in [0.15, 0.2) is 5.78 Å². The highest BCUT2D eigenvalue weighted by Gasteiger charge is 1.95. The van der Waals surface area contributed by atoms with E-state index in [0.717, 1.165) is 11.1 Å². The van der Waals surface area contributed by atoms with E-state index in [9.17, 15) is 4.79 Å². The van der Waals surface area contributed by atoms with Crippen molar-refractivity contribution in [1.82, 2.24) is 0 Å². The van der Waals surface area contributed by atoms with Crippen LogP contribution in [0.3, 0.4) is 0 Å². The molecule has 1 heteroatoms.